The predicted octanol–water partition coefficient (Wildman–Crippen LogP) is 7.33. The van der Waals surface area contributed by atoms with E-state index in [1.807, 2.05) is 6.07 Å². The largest absolute Gasteiger partial charge is 0.117 e. The predicted molar refractivity (Wildman–Crippen MR) is 87.9 cm³/mol. The summed E-state index contributed by atoms with van der Waals surface area (Å²) in [5.41, 5.74) is 1.04. The summed E-state index contributed by atoms with van der Waals surface area (Å²) in [6.07, 6.45) is 9.17. The van der Waals surface area contributed by atoms with Crippen molar-refractivity contribution >= 4 is 46.1 Å². The van der Waals surface area contributed by atoms with E-state index in [-0.39, 0.29) is 5.38 Å². The first-order chi connectivity index (χ1) is 9.11. The molecule has 2 rings (SSSR count). The quantitative estimate of drug-likeness (QED) is 0.492. The van der Waals surface area contributed by atoms with Gasteiger partial charge in [-0.2, -0.15) is 0 Å². The fraction of sp³-hybridized carbons (Fsp3) is 0.733. The molecule has 1 aromatic rings. The van der Waals surface area contributed by atoms with Crippen LogP contribution in [0.5, 0.6) is 0 Å². The van der Waals surface area contributed by atoms with E-state index in [1.165, 1.54) is 56.3 Å². The van der Waals surface area contributed by atoms with Crippen LogP contribution in [0.25, 0.3) is 0 Å². The maximum Gasteiger partial charge on any atom is 0.0991 e. The zero-order valence-corrected chi connectivity index (χ0v) is 14.4. The molecule has 1 aromatic heterocycles. The summed E-state index contributed by atoms with van der Waals surface area (Å²) in [5, 5.41) is 0.0309. The highest BCUT2D eigenvalue weighted by molar-refractivity contribution is 7.20. The van der Waals surface area contributed by atoms with Crippen LogP contribution in [0, 0.1) is 11.8 Å². The maximum atomic E-state index is 6.62. The third-order valence-corrected chi connectivity index (χ3v) is 6.36. The number of rotatable bonds is 5. The number of thiophene rings is 1. The highest BCUT2D eigenvalue weighted by Gasteiger charge is 2.29. The smallest absolute Gasteiger partial charge is 0.0991 e. The Labute approximate surface area is 135 Å². The molecule has 0 spiro atoms. The van der Waals surface area contributed by atoms with Crippen LogP contribution in [0.15, 0.2) is 6.07 Å². The van der Waals surface area contributed by atoms with Gasteiger partial charge in [-0.15, -0.1) is 22.9 Å². The summed E-state index contributed by atoms with van der Waals surface area (Å²) >= 11 is 20.2. The lowest BCUT2D eigenvalue weighted by atomic mass is 9.77. The summed E-state index contributed by atoms with van der Waals surface area (Å²) in [7, 11) is 0. The first kappa shape index (κ1) is 15.9. The third-order valence-electron chi connectivity index (χ3n) is 4.25. The van der Waals surface area contributed by atoms with Crippen LogP contribution in [0.2, 0.25) is 8.67 Å². The number of alkyl halides is 1. The minimum atomic E-state index is 0.0309. The van der Waals surface area contributed by atoms with Gasteiger partial charge in [0.25, 0.3) is 0 Å². The van der Waals surface area contributed by atoms with Crippen molar-refractivity contribution in [2.24, 2.45) is 11.8 Å². The molecule has 0 amide bonds. The molecule has 0 aliphatic heterocycles. The summed E-state index contributed by atoms with van der Waals surface area (Å²) in [6.45, 7) is 2.27. The van der Waals surface area contributed by atoms with E-state index in [1.54, 1.807) is 0 Å². The molecule has 108 valence electrons. The van der Waals surface area contributed by atoms with Gasteiger partial charge in [-0.25, -0.2) is 0 Å². The van der Waals surface area contributed by atoms with E-state index < -0.39 is 0 Å². The van der Waals surface area contributed by atoms with Crippen LogP contribution in [-0.2, 0) is 0 Å². The normalized spacial score (nSPS) is 25.5. The highest BCUT2D eigenvalue weighted by Crippen LogP contribution is 2.46. The lowest BCUT2D eigenvalue weighted by Crippen LogP contribution is -2.18. The molecule has 0 aromatic carbocycles. The Balaban J connectivity index is 1.89. The van der Waals surface area contributed by atoms with Crippen molar-refractivity contribution in [3.05, 3.63) is 20.3 Å². The Morgan fingerprint density at radius 1 is 1.26 bits per heavy atom. The minimum Gasteiger partial charge on any atom is -0.117 e. The molecule has 19 heavy (non-hydrogen) atoms. The van der Waals surface area contributed by atoms with Crippen LogP contribution in [-0.4, -0.2) is 0 Å². The third kappa shape index (κ3) is 4.27. The van der Waals surface area contributed by atoms with Gasteiger partial charge < -0.3 is 0 Å². The Morgan fingerprint density at radius 2 is 1.95 bits per heavy atom. The molecule has 0 saturated heterocycles. The molecule has 0 N–H and O–H groups in total. The van der Waals surface area contributed by atoms with E-state index >= 15 is 0 Å². The summed E-state index contributed by atoms with van der Waals surface area (Å²) in [6, 6.07) is 1.94. The Morgan fingerprint density at radius 3 is 2.47 bits per heavy atom. The fourth-order valence-corrected chi connectivity index (χ4v) is 5.15. The van der Waals surface area contributed by atoms with E-state index in [9.17, 15) is 0 Å². The zero-order chi connectivity index (χ0) is 13.8. The van der Waals surface area contributed by atoms with Crippen molar-refractivity contribution in [2.75, 3.05) is 0 Å². The average Bonchev–Trinajstić information content (AvgIpc) is 2.75. The minimum absolute atomic E-state index is 0.0309. The second kappa shape index (κ2) is 7.54. The molecular formula is C15H21Cl3S. The first-order valence-corrected chi connectivity index (χ1v) is 9.21. The van der Waals surface area contributed by atoms with Crippen molar-refractivity contribution in [3.63, 3.8) is 0 Å². The summed E-state index contributed by atoms with van der Waals surface area (Å²) < 4.78 is 1.50. The van der Waals surface area contributed by atoms with Gasteiger partial charge in [0.1, 0.15) is 0 Å². The number of unbranched alkanes of at least 4 members (excludes halogenated alkanes) is 1. The number of hydrogen-bond donors (Lipinski definition) is 0. The van der Waals surface area contributed by atoms with Crippen molar-refractivity contribution < 1.29 is 0 Å². The van der Waals surface area contributed by atoms with Crippen LogP contribution in [0.4, 0.5) is 0 Å². The Hall–Kier alpha value is 0.570. The molecule has 1 atom stereocenters. The number of hydrogen-bond acceptors (Lipinski definition) is 1. The average molecular weight is 340 g/mol. The van der Waals surface area contributed by atoms with Gasteiger partial charge in [-0.3, -0.25) is 0 Å². The molecule has 0 bridgehead atoms. The SMILES string of the molecule is CCCCC1CCC(C(Cl)c2cc(Cl)sc2Cl)CC1. The van der Waals surface area contributed by atoms with Crippen molar-refractivity contribution in [2.45, 2.75) is 57.2 Å². The van der Waals surface area contributed by atoms with Crippen molar-refractivity contribution in [1.29, 1.82) is 0 Å². The molecule has 1 aliphatic rings. The van der Waals surface area contributed by atoms with Gasteiger partial charge in [0.2, 0.25) is 0 Å². The highest BCUT2D eigenvalue weighted by atomic mass is 35.5. The molecular weight excluding hydrogens is 319 g/mol. The maximum absolute atomic E-state index is 6.62. The second-order valence-corrected chi connectivity index (χ2v) is 8.36. The van der Waals surface area contributed by atoms with Crippen molar-refractivity contribution in [3.8, 4) is 0 Å². The van der Waals surface area contributed by atoms with E-state index in [2.05, 4.69) is 6.92 Å². The summed E-state index contributed by atoms with van der Waals surface area (Å²) in [5.74, 6) is 1.48. The second-order valence-electron chi connectivity index (χ2n) is 5.60. The van der Waals surface area contributed by atoms with Gasteiger partial charge in [-0.1, -0.05) is 62.2 Å². The van der Waals surface area contributed by atoms with Crippen molar-refractivity contribution in [1.82, 2.24) is 0 Å². The van der Waals surface area contributed by atoms with Gasteiger partial charge in [0.05, 0.1) is 14.0 Å². The zero-order valence-electron chi connectivity index (χ0n) is 11.3. The van der Waals surface area contributed by atoms with E-state index in [0.29, 0.717) is 5.92 Å². The Bertz CT molecular complexity index is 394. The van der Waals surface area contributed by atoms with Gasteiger partial charge in [0.15, 0.2) is 0 Å². The molecule has 1 unspecified atom stereocenters. The molecule has 1 fully saturated rings. The summed E-state index contributed by atoms with van der Waals surface area (Å²) in [4.78, 5) is 0. The lowest BCUT2D eigenvalue weighted by molar-refractivity contribution is 0.254. The van der Waals surface area contributed by atoms with Crippen LogP contribution in [0.1, 0.15) is 62.8 Å². The molecule has 0 nitrogen and oxygen atoms in total. The fourth-order valence-electron chi connectivity index (χ4n) is 3.06. The molecule has 1 saturated carbocycles. The molecule has 1 heterocycles. The van der Waals surface area contributed by atoms with Crippen LogP contribution in [0.3, 0.4) is 0 Å². The molecule has 4 heteroatoms. The van der Waals surface area contributed by atoms with Crippen LogP contribution < -0.4 is 0 Å². The lowest BCUT2D eigenvalue weighted by Gasteiger charge is -2.31. The first-order valence-electron chi connectivity index (χ1n) is 7.20. The topological polar surface area (TPSA) is 0 Å². The van der Waals surface area contributed by atoms with Gasteiger partial charge >= 0.3 is 0 Å². The molecule has 0 radical (unpaired) electrons. The van der Waals surface area contributed by atoms with Crippen LogP contribution >= 0.6 is 46.1 Å². The standard InChI is InChI=1S/C15H21Cl3S/c1-2-3-4-10-5-7-11(8-6-10)14(17)12-9-13(16)19-15(12)18/h9-11,14H,2-8H2,1H3. The Kier molecular flexibility index (Phi) is 6.33. The van der Waals surface area contributed by atoms with E-state index in [4.69, 9.17) is 34.8 Å². The van der Waals surface area contributed by atoms with Gasteiger partial charge in [0, 0.05) is 5.56 Å². The number of halogens is 3. The van der Waals surface area contributed by atoms with Gasteiger partial charge in [-0.05, 0) is 30.7 Å². The monoisotopic (exact) mass is 338 g/mol. The molecule has 1 aliphatic carbocycles. The van der Waals surface area contributed by atoms with E-state index in [0.717, 1.165) is 20.2 Å².